The van der Waals surface area contributed by atoms with Gasteiger partial charge in [0.25, 0.3) is 0 Å². The Morgan fingerprint density at radius 3 is 1.83 bits per heavy atom. The summed E-state index contributed by atoms with van der Waals surface area (Å²) >= 11 is 5.79. The third kappa shape index (κ3) is 72.0. The zero-order valence-corrected chi connectivity index (χ0v) is 26.8. The van der Waals surface area contributed by atoms with Gasteiger partial charge in [-0.25, -0.2) is 9.78 Å². The number of allylic oxidation sites excluding steroid dienone is 2. The van der Waals surface area contributed by atoms with E-state index in [1.54, 1.807) is 6.08 Å². The maximum Gasteiger partial charge on any atom is 0.161 e. The molecule has 9 heteroatoms. The van der Waals surface area contributed by atoms with Gasteiger partial charge in [-0.15, -0.1) is 18.2 Å². The molecule has 0 aromatic carbocycles. The molecule has 222 valence electrons. The second-order valence-electron chi connectivity index (χ2n) is 7.06. The molecule has 0 heterocycles. The van der Waals surface area contributed by atoms with Crippen LogP contribution in [0.25, 0.3) is 0 Å². The first-order valence-corrected chi connectivity index (χ1v) is 16.4. The van der Waals surface area contributed by atoms with Gasteiger partial charge in [-0.2, -0.15) is 0 Å². The van der Waals surface area contributed by atoms with E-state index in [1.807, 2.05) is 27.7 Å². The molecule has 0 radical (unpaired) electrons. The first-order chi connectivity index (χ1) is 14.8. The van der Waals surface area contributed by atoms with Crippen LogP contribution >= 0.6 is 11.6 Å². The average Bonchev–Trinajstić information content (AvgIpc) is 2.80. The maximum atomic E-state index is 5.79. The number of alkyl halides is 1. The first kappa shape index (κ1) is 55.7. The third-order valence-corrected chi connectivity index (χ3v) is 6.55. The molecule has 1 unspecified atom stereocenters. The van der Waals surface area contributed by atoms with Crippen molar-refractivity contribution in [1.82, 2.24) is 0 Å². The summed E-state index contributed by atoms with van der Waals surface area (Å²) in [5.41, 5.74) is 6.59. The Bertz CT molecular complexity index is 361. The highest BCUT2D eigenvalue weighted by atomic mass is 35.5. The van der Waals surface area contributed by atoms with Gasteiger partial charge in [0.05, 0.1) is 31.2 Å². The standard InChI is InChI=1S/C11H25NOSi.C6H11Cl.C4H10O2.C2H9NSi.3CH4.ClH/c1-4-11(3)7-9-12-8-6-10-14-13-5-2;1-4-6(3,7)5-2;1-3-5-6-4-2;1-4-2-3;;;;/h7,12H,4-6,8-10,14H2,1-3H3;4H,1,5H2,2-3H3;3-4H2,1-2H3;2-4H2,1H3;3*1H4;1H. The van der Waals surface area contributed by atoms with Crippen molar-refractivity contribution in [3.8, 4) is 0 Å². The molecule has 35 heavy (non-hydrogen) atoms. The molecule has 1 atom stereocenters. The van der Waals surface area contributed by atoms with Crippen molar-refractivity contribution in [2.45, 2.75) is 107 Å². The van der Waals surface area contributed by atoms with Crippen molar-refractivity contribution < 1.29 is 31.9 Å². The van der Waals surface area contributed by atoms with Gasteiger partial charge in [0.15, 0.2) is 9.76 Å². The van der Waals surface area contributed by atoms with E-state index in [1.165, 1.54) is 31.0 Å². The van der Waals surface area contributed by atoms with Crippen molar-refractivity contribution >= 4 is 30.9 Å². The molecule has 0 aromatic heterocycles. The number of hydrogen-bond acceptors (Lipinski definition) is 4. The molecule has 4 N–H and O–H groups in total. The third-order valence-electron chi connectivity index (χ3n) is 4.07. The summed E-state index contributed by atoms with van der Waals surface area (Å²) in [5, 5.41) is 2.39. The Morgan fingerprint density at radius 2 is 1.54 bits per heavy atom. The van der Waals surface area contributed by atoms with Crippen molar-refractivity contribution in [1.29, 1.82) is 0 Å². The van der Waals surface area contributed by atoms with Crippen molar-refractivity contribution in [2.24, 2.45) is 5.73 Å². The molecule has 0 aliphatic carbocycles. The van der Waals surface area contributed by atoms with Crippen LogP contribution in [0, 0.1) is 0 Å². The molecule has 0 saturated carbocycles. The first-order valence-electron chi connectivity index (χ1n) is 12.1. The van der Waals surface area contributed by atoms with Crippen LogP contribution in [0.5, 0.6) is 0 Å². The monoisotopic (exact) mass is 582 g/mol. The van der Waals surface area contributed by atoms with Gasteiger partial charge < -0.3 is 27.9 Å². The van der Waals surface area contributed by atoms with Crippen molar-refractivity contribution in [3.05, 3.63) is 24.3 Å². The highest BCUT2D eigenvalue weighted by Gasteiger charge is 2.10. The van der Waals surface area contributed by atoms with E-state index in [2.05, 4.69) is 55.1 Å². The van der Waals surface area contributed by atoms with Crippen molar-refractivity contribution in [2.75, 3.05) is 39.1 Å². The van der Waals surface area contributed by atoms with Crippen LogP contribution in [0.2, 0.25) is 12.6 Å². The van der Waals surface area contributed by atoms with E-state index in [9.17, 15) is 0 Å². The van der Waals surface area contributed by atoms with E-state index >= 15 is 0 Å². The van der Waals surface area contributed by atoms with Crippen LogP contribution in [0.4, 0.5) is 0 Å². The number of nitrogens with two attached hydrogens (primary N) is 2. The van der Waals surface area contributed by atoms with Gasteiger partial charge in [0.2, 0.25) is 0 Å². The molecule has 5 nitrogen and oxygen atoms in total. The quantitative estimate of drug-likeness (QED) is 0.0776. The highest BCUT2D eigenvalue weighted by molar-refractivity contribution is 6.33. The Labute approximate surface area is 238 Å². The Kier molecular flexibility index (Phi) is 81.2. The summed E-state index contributed by atoms with van der Waals surface area (Å²) in [6, 6.07) is 1.33. The minimum Gasteiger partial charge on any atom is -1.00 e. The van der Waals surface area contributed by atoms with Gasteiger partial charge >= 0.3 is 0 Å². The highest BCUT2D eigenvalue weighted by Crippen LogP contribution is 2.18. The predicted octanol–water partition coefficient (Wildman–Crippen LogP) is 2.42. The second-order valence-corrected chi connectivity index (χ2v) is 11.0. The van der Waals surface area contributed by atoms with Crippen LogP contribution in [0.1, 0.15) is 90.0 Å². The fourth-order valence-corrected chi connectivity index (χ4v) is 2.48. The van der Waals surface area contributed by atoms with E-state index in [0.717, 1.165) is 25.7 Å². The average molecular weight is 584 g/mol. The van der Waals surface area contributed by atoms with Gasteiger partial charge in [0, 0.05) is 16.1 Å². The molecular weight excluding hydrogens is 515 g/mol. The predicted molar refractivity (Wildman–Crippen MR) is 167 cm³/mol. The lowest BCUT2D eigenvalue weighted by Gasteiger charge is -2.11. The minimum atomic E-state index is -0.181. The minimum absolute atomic E-state index is 0. The number of quaternary nitrogens is 1. The maximum absolute atomic E-state index is 5.79. The molecule has 0 spiro atoms. The van der Waals surface area contributed by atoms with Gasteiger partial charge in [-0.1, -0.05) is 54.3 Å². The molecule has 0 bridgehead atoms. The van der Waals surface area contributed by atoms with Crippen LogP contribution in [0.3, 0.4) is 0 Å². The van der Waals surface area contributed by atoms with Crippen LogP contribution < -0.4 is 23.5 Å². The Hall–Kier alpha value is 0.294. The fraction of sp³-hybridized carbons (Fsp3) is 0.846. The summed E-state index contributed by atoms with van der Waals surface area (Å²) in [6.07, 6.45) is 8.50. The molecule has 0 rings (SSSR count). The van der Waals surface area contributed by atoms with E-state index in [0.29, 0.717) is 13.2 Å². The molecule has 0 aliphatic heterocycles. The number of rotatable bonds is 15. The lowest BCUT2D eigenvalue weighted by Crippen LogP contribution is -3.00. The summed E-state index contributed by atoms with van der Waals surface area (Å²) in [4.78, 5) is 8.78. The van der Waals surface area contributed by atoms with Gasteiger partial charge in [-0.05, 0) is 72.2 Å². The molecule has 0 fully saturated rings. The summed E-state index contributed by atoms with van der Waals surface area (Å²) < 4.78 is 5.41. The zero-order chi connectivity index (χ0) is 24.8. The number of hydrogen-bond donors (Lipinski definition) is 2. The zero-order valence-electron chi connectivity index (χ0n) is 22.5. The lowest BCUT2D eigenvalue weighted by molar-refractivity contribution is -0.645. The van der Waals surface area contributed by atoms with Crippen LogP contribution in [-0.2, 0) is 14.2 Å². The van der Waals surface area contributed by atoms with Crippen molar-refractivity contribution in [3.63, 3.8) is 0 Å². The fourth-order valence-electron chi connectivity index (χ4n) is 1.49. The molecule has 0 aromatic rings. The normalized spacial score (nSPS) is 11.5. The van der Waals surface area contributed by atoms with E-state index in [4.69, 9.17) is 21.8 Å². The summed E-state index contributed by atoms with van der Waals surface area (Å²) in [5.74, 6) is 0. The smallest absolute Gasteiger partial charge is 0.161 e. The Balaban J connectivity index is -0.0000000496. The Morgan fingerprint density at radius 1 is 1.06 bits per heavy atom. The summed E-state index contributed by atoms with van der Waals surface area (Å²) in [6.45, 7) is 24.6. The molecule has 0 amide bonds. The largest absolute Gasteiger partial charge is 1.00 e. The van der Waals surface area contributed by atoms with Crippen LogP contribution in [-0.4, -0.2) is 63.2 Å². The SMILES string of the molecule is C.C.C.C=CC(C)(Cl)CC.CCOOCC.CCO[SiH2]CCC[NH2+]CC=C(C)CC.C[SiH2]CN.[Cl-]. The van der Waals surface area contributed by atoms with Crippen LogP contribution in [0.15, 0.2) is 24.3 Å². The van der Waals surface area contributed by atoms with Gasteiger partial charge in [0.1, 0.15) is 0 Å². The molecule has 0 aliphatic rings. The summed E-state index contributed by atoms with van der Waals surface area (Å²) in [7, 11) is 0.0237. The molecular formula is C26H68Cl2N2O3Si2. The van der Waals surface area contributed by atoms with Gasteiger partial charge in [-0.3, -0.25) is 0 Å². The van der Waals surface area contributed by atoms with E-state index in [-0.39, 0.29) is 58.8 Å². The topological polar surface area (TPSA) is 70.3 Å². The lowest BCUT2D eigenvalue weighted by atomic mass is 10.1. The molecule has 0 saturated heterocycles. The second kappa shape index (κ2) is 51.0. The number of halogens is 2. The van der Waals surface area contributed by atoms with E-state index < -0.39 is 0 Å².